The van der Waals surface area contributed by atoms with E-state index in [-0.39, 0.29) is 11.9 Å². The summed E-state index contributed by atoms with van der Waals surface area (Å²) in [6, 6.07) is 6.19. The lowest BCUT2D eigenvalue weighted by molar-refractivity contribution is 0.102. The predicted octanol–water partition coefficient (Wildman–Crippen LogP) is 2.81. The van der Waals surface area contributed by atoms with Crippen molar-refractivity contribution >= 4 is 18.4 Å². The lowest BCUT2D eigenvalue weighted by Crippen LogP contribution is -2.05. The fourth-order valence-electron chi connectivity index (χ4n) is 2.12. The quantitative estimate of drug-likeness (QED) is 0.699. The molecule has 1 N–H and O–H groups in total. The Bertz CT molecular complexity index is 688. The van der Waals surface area contributed by atoms with Gasteiger partial charge < -0.3 is 4.74 Å². The number of nitrogens with zero attached hydrogens (tertiary/aromatic N) is 3. The van der Waals surface area contributed by atoms with E-state index in [1.165, 1.54) is 16.8 Å². The van der Waals surface area contributed by atoms with Crippen LogP contribution >= 0.6 is 12.2 Å². The van der Waals surface area contributed by atoms with E-state index < -0.39 is 0 Å². The third kappa shape index (κ3) is 2.68. The van der Waals surface area contributed by atoms with Gasteiger partial charge in [-0.1, -0.05) is 12.1 Å². The standard InChI is InChI=1S/C13H13FN4OS/c14-10-4-1-3-9(7-10)8-15-18-12(16-17-13(18)20)11-5-2-6-19-11/h1,3-4,7-8,11H,2,5-6H2,(H,17,20)/b15-8-/t11-/m0/s1. The molecule has 1 aromatic heterocycles. The summed E-state index contributed by atoms with van der Waals surface area (Å²) in [6.07, 6.45) is 3.35. The van der Waals surface area contributed by atoms with Gasteiger partial charge in [0.25, 0.3) is 0 Å². The molecule has 0 radical (unpaired) electrons. The second-order valence-corrected chi connectivity index (χ2v) is 4.89. The van der Waals surface area contributed by atoms with Gasteiger partial charge in [0.15, 0.2) is 5.82 Å². The van der Waals surface area contributed by atoms with Gasteiger partial charge in [0.1, 0.15) is 11.9 Å². The van der Waals surface area contributed by atoms with Crippen LogP contribution in [0, 0.1) is 10.6 Å². The van der Waals surface area contributed by atoms with Gasteiger partial charge in [-0.3, -0.25) is 5.10 Å². The van der Waals surface area contributed by atoms with E-state index >= 15 is 0 Å². The van der Waals surface area contributed by atoms with Crippen LogP contribution < -0.4 is 0 Å². The van der Waals surface area contributed by atoms with Crippen molar-refractivity contribution in [1.82, 2.24) is 14.9 Å². The molecule has 0 amide bonds. The number of rotatable bonds is 3. The van der Waals surface area contributed by atoms with Crippen LogP contribution in [0.3, 0.4) is 0 Å². The van der Waals surface area contributed by atoms with Crippen molar-refractivity contribution in [2.45, 2.75) is 18.9 Å². The van der Waals surface area contributed by atoms with Crippen molar-refractivity contribution in [2.24, 2.45) is 5.10 Å². The van der Waals surface area contributed by atoms with E-state index in [2.05, 4.69) is 15.3 Å². The maximum Gasteiger partial charge on any atom is 0.216 e. The Labute approximate surface area is 120 Å². The van der Waals surface area contributed by atoms with Crippen LogP contribution in [-0.4, -0.2) is 27.7 Å². The summed E-state index contributed by atoms with van der Waals surface area (Å²) in [5.74, 6) is 0.351. The number of halogens is 1. The topological polar surface area (TPSA) is 55.2 Å². The summed E-state index contributed by atoms with van der Waals surface area (Å²) in [5.41, 5.74) is 0.659. The predicted molar refractivity (Wildman–Crippen MR) is 74.7 cm³/mol. The zero-order valence-electron chi connectivity index (χ0n) is 10.6. The molecule has 0 aliphatic carbocycles. The Hall–Kier alpha value is -1.86. The minimum Gasteiger partial charge on any atom is -0.370 e. The Morgan fingerprint density at radius 2 is 2.45 bits per heavy atom. The molecule has 2 heterocycles. The molecule has 0 bridgehead atoms. The minimum absolute atomic E-state index is 0.0902. The van der Waals surface area contributed by atoms with Crippen LogP contribution in [0.4, 0.5) is 4.39 Å². The molecule has 2 aromatic rings. The highest BCUT2D eigenvalue weighted by molar-refractivity contribution is 7.71. The van der Waals surface area contributed by atoms with Crippen LogP contribution in [0.25, 0.3) is 0 Å². The van der Waals surface area contributed by atoms with Gasteiger partial charge in [0, 0.05) is 6.61 Å². The Balaban J connectivity index is 1.90. The van der Waals surface area contributed by atoms with Crippen LogP contribution in [-0.2, 0) is 4.74 Å². The van der Waals surface area contributed by atoms with Gasteiger partial charge in [-0.2, -0.15) is 14.9 Å². The molecule has 20 heavy (non-hydrogen) atoms. The largest absolute Gasteiger partial charge is 0.370 e. The van der Waals surface area contributed by atoms with Crippen LogP contribution in [0.5, 0.6) is 0 Å². The lowest BCUT2D eigenvalue weighted by atomic mass is 10.2. The Morgan fingerprint density at radius 3 is 3.20 bits per heavy atom. The third-order valence-corrected chi connectivity index (χ3v) is 3.33. The summed E-state index contributed by atoms with van der Waals surface area (Å²) < 4.78 is 20.6. The molecule has 0 saturated carbocycles. The van der Waals surface area contributed by atoms with Crippen molar-refractivity contribution in [2.75, 3.05) is 6.61 Å². The Kier molecular flexibility index (Phi) is 3.70. The number of H-pyrrole nitrogens is 1. The summed E-state index contributed by atoms with van der Waals surface area (Å²) >= 11 is 5.15. The number of nitrogens with one attached hydrogen (secondary N) is 1. The van der Waals surface area contributed by atoms with Crippen LogP contribution in [0.15, 0.2) is 29.4 Å². The molecule has 1 saturated heterocycles. The monoisotopic (exact) mass is 292 g/mol. The highest BCUT2D eigenvalue weighted by atomic mass is 32.1. The van der Waals surface area contributed by atoms with E-state index in [1.807, 2.05) is 0 Å². The SMILES string of the molecule is Fc1cccc(/C=N\n2c([C@@H]3CCCO3)n[nH]c2=S)c1. The molecule has 0 unspecified atom stereocenters. The van der Waals surface area contributed by atoms with Gasteiger partial charge in [-0.25, -0.2) is 4.39 Å². The summed E-state index contributed by atoms with van der Waals surface area (Å²) in [6.45, 7) is 0.720. The first-order valence-corrected chi connectivity index (χ1v) is 6.74. The number of hydrogen-bond donors (Lipinski definition) is 1. The molecule has 0 spiro atoms. The molecule has 1 fully saturated rings. The van der Waals surface area contributed by atoms with E-state index in [0.717, 1.165) is 19.4 Å². The average Bonchev–Trinajstić information content (AvgIpc) is 3.06. The normalized spacial score (nSPS) is 18.9. The summed E-state index contributed by atoms with van der Waals surface area (Å²) in [5, 5.41) is 11.1. The maximum absolute atomic E-state index is 13.1. The van der Waals surface area contributed by atoms with Crippen molar-refractivity contribution in [3.63, 3.8) is 0 Å². The fourth-order valence-corrected chi connectivity index (χ4v) is 2.30. The molecule has 5 nitrogen and oxygen atoms in total. The van der Waals surface area contributed by atoms with Crippen LogP contribution in [0.2, 0.25) is 0 Å². The van der Waals surface area contributed by atoms with Gasteiger partial charge in [-0.15, -0.1) is 0 Å². The number of benzene rings is 1. The van der Waals surface area contributed by atoms with Crippen LogP contribution in [0.1, 0.15) is 30.3 Å². The van der Waals surface area contributed by atoms with E-state index in [9.17, 15) is 4.39 Å². The lowest BCUT2D eigenvalue weighted by Gasteiger charge is -2.07. The second-order valence-electron chi connectivity index (χ2n) is 4.50. The molecule has 1 aliphatic heterocycles. The average molecular weight is 292 g/mol. The second kappa shape index (κ2) is 5.64. The number of ether oxygens (including phenoxy) is 1. The summed E-state index contributed by atoms with van der Waals surface area (Å²) in [4.78, 5) is 0. The smallest absolute Gasteiger partial charge is 0.216 e. The minimum atomic E-state index is -0.302. The van der Waals surface area contributed by atoms with E-state index in [4.69, 9.17) is 17.0 Å². The molecule has 3 rings (SSSR count). The van der Waals surface area contributed by atoms with Crippen molar-refractivity contribution in [3.8, 4) is 0 Å². The number of hydrogen-bond acceptors (Lipinski definition) is 4. The zero-order valence-corrected chi connectivity index (χ0v) is 11.4. The van der Waals surface area contributed by atoms with Crippen molar-refractivity contribution < 1.29 is 9.13 Å². The zero-order chi connectivity index (χ0) is 13.9. The first-order chi connectivity index (χ1) is 9.74. The first-order valence-electron chi connectivity index (χ1n) is 6.33. The van der Waals surface area contributed by atoms with E-state index in [1.54, 1.807) is 18.3 Å². The van der Waals surface area contributed by atoms with Crippen molar-refractivity contribution in [1.29, 1.82) is 0 Å². The van der Waals surface area contributed by atoms with Gasteiger partial charge >= 0.3 is 0 Å². The van der Waals surface area contributed by atoms with Gasteiger partial charge in [0.05, 0.1) is 6.21 Å². The number of aromatic nitrogens is 3. The van der Waals surface area contributed by atoms with E-state index in [0.29, 0.717) is 16.2 Å². The maximum atomic E-state index is 13.1. The fraction of sp³-hybridized carbons (Fsp3) is 0.308. The molecule has 1 aliphatic rings. The summed E-state index contributed by atoms with van der Waals surface area (Å²) in [7, 11) is 0. The van der Waals surface area contributed by atoms with Gasteiger partial charge in [-0.05, 0) is 42.8 Å². The molecule has 104 valence electrons. The Morgan fingerprint density at radius 1 is 1.55 bits per heavy atom. The third-order valence-electron chi connectivity index (χ3n) is 3.06. The molecule has 1 atom stereocenters. The first kappa shape index (κ1) is 13.1. The molecule has 1 aromatic carbocycles. The number of aromatic amines is 1. The molecular weight excluding hydrogens is 279 g/mol. The molecular formula is C13H13FN4OS. The molecule has 7 heteroatoms. The highest BCUT2D eigenvalue weighted by Gasteiger charge is 2.23. The van der Waals surface area contributed by atoms with Gasteiger partial charge in [0.2, 0.25) is 4.77 Å². The van der Waals surface area contributed by atoms with Crippen molar-refractivity contribution in [3.05, 3.63) is 46.2 Å². The highest BCUT2D eigenvalue weighted by Crippen LogP contribution is 2.26.